The molecule has 0 spiro atoms. The molecule has 17 heavy (non-hydrogen) atoms. The largest absolute Gasteiger partial charge is 0.497 e. The Morgan fingerprint density at radius 3 is 2.94 bits per heavy atom. The maximum absolute atomic E-state index is 5.56. The molecule has 1 aromatic rings. The number of allylic oxidation sites excluding steroid dienone is 1. The van der Waals surface area contributed by atoms with E-state index >= 15 is 0 Å². The number of hydrogen-bond acceptors (Lipinski definition) is 3. The molecular formula is C14H21NOS. The summed E-state index contributed by atoms with van der Waals surface area (Å²) in [6.45, 7) is 7.53. The monoisotopic (exact) mass is 251 g/mol. The summed E-state index contributed by atoms with van der Waals surface area (Å²) in [4.78, 5) is 2.81. The Morgan fingerprint density at radius 1 is 1.53 bits per heavy atom. The molecule has 2 rings (SSSR count). The highest BCUT2D eigenvalue weighted by molar-refractivity contribution is 7.12. The van der Waals surface area contributed by atoms with Crippen LogP contribution in [0.2, 0.25) is 0 Å². The van der Waals surface area contributed by atoms with E-state index < -0.39 is 0 Å². The Morgan fingerprint density at radius 2 is 2.35 bits per heavy atom. The van der Waals surface area contributed by atoms with E-state index in [1.54, 1.807) is 0 Å². The first kappa shape index (κ1) is 12.7. The summed E-state index contributed by atoms with van der Waals surface area (Å²) < 4.78 is 5.56. The van der Waals surface area contributed by atoms with E-state index in [2.05, 4.69) is 38.2 Å². The molecule has 1 aliphatic rings. The van der Waals surface area contributed by atoms with Crippen molar-refractivity contribution in [3.63, 3.8) is 0 Å². The number of aryl methyl sites for hydroxylation is 2. The maximum atomic E-state index is 5.56. The van der Waals surface area contributed by atoms with Crippen molar-refractivity contribution in [2.75, 3.05) is 6.54 Å². The van der Waals surface area contributed by atoms with Crippen LogP contribution in [0.4, 0.5) is 0 Å². The molecule has 0 amide bonds. The Labute approximate surface area is 108 Å². The van der Waals surface area contributed by atoms with Gasteiger partial charge in [0.05, 0.1) is 6.26 Å². The molecule has 0 fully saturated rings. The van der Waals surface area contributed by atoms with Gasteiger partial charge in [0.15, 0.2) is 0 Å². The quantitative estimate of drug-likeness (QED) is 0.881. The van der Waals surface area contributed by atoms with E-state index in [0.717, 1.165) is 19.4 Å². The molecular weight excluding hydrogens is 230 g/mol. The zero-order valence-corrected chi connectivity index (χ0v) is 11.6. The fourth-order valence-electron chi connectivity index (χ4n) is 2.23. The van der Waals surface area contributed by atoms with E-state index in [1.807, 2.05) is 17.6 Å². The highest BCUT2D eigenvalue weighted by Crippen LogP contribution is 2.26. The molecule has 1 N–H and O–H groups in total. The normalized spacial score (nSPS) is 21.2. The molecule has 2 nitrogen and oxygen atoms in total. The van der Waals surface area contributed by atoms with Crippen molar-refractivity contribution in [1.29, 1.82) is 0 Å². The highest BCUT2D eigenvalue weighted by Gasteiger charge is 2.15. The zero-order chi connectivity index (χ0) is 12.3. The van der Waals surface area contributed by atoms with Crippen LogP contribution in [0.25, 0.3) is 0 Å². The first-order chi connectivity index (χ1) is 8.16. The molecule has 0 saturated heterocycles. The van der Waals surface area contributed by atoms with Crippen molar-refractivity contribution < 1.29 is 4.74 Å². The molecule has 94 valence electrons. The van der Waals surface area contributed by atoms with Gasteiger partial charge in [0, 0.05) is 22.3 Å². The Kier molecular flexibility index (Phi) is 4.24. The molecule has 0 bridgehead atoms. The minimum absolute atomic E-state index is 0.336. The first-order valence-electron chi connectivity index (χ1n) is 6.27. The average Bonchev–Trinajstić information content (AvgIpc) is 2.67. The fourth-order valence-corrected chi connectivity index (χ4v) is 3.26. The first-order valence-corrected chi connectivity index (χ1v) is 7.09. The van der Waals surface area contributed by atoms with Gasteiger partial charge in [0.1, 0.15) is 6.10 Å². The van der Waals surface area contributed by atoms with Gasteiger partial charge in [0.2, 0.25) is 0 Å². The van der Waals surface area contributed by atoms with E-state index in [4.69, 9.17) is 4.74 Å². The summed E-state index contributed by atoms with van der Waals surface area (Å²) in [5.74, 6) is 0. The lowest BCUT2D eigenvalue weighted by molar-refractivity contribution is 0.120. The Hall–Kier alpha value is -0.800. The van der Waals surface area contributed by atoms with Crippen molar-refractivity contribution in [2.24, 2.45) is 0 Å². The standard InChI is InChI=1S/C14H21NOS/c1-10-8-14(12(3)17-10)11(2)15-9-13-6-4-5-7-16-13/h5,7-8,11,13,15H,4,6,9H2,1-3H3. The van der Waals surface area contributed by atoms with Crippen molar-refractivity contribution in [2.45, 2.75) is 45.8 Å². The topological polar surface area (TPSA) is 21.3 Å². The van der Waals surface area contributed by atoms with Crippen molar-refractivity contribution in [3.8, 4) is 0 Å². The molecule has 0 aromatic carbocycles. The summed E-state index contributed by atoms with van der Waals surface area (Å²) in [5, 5.41) is 3.57. The highest BCUT2D eigenvalue weighted by atomic mass is 32.1. The number of ether oxygens (including phenoxy) is 1. The second-order valence-electron chi connectivity index (χ2n) is 4.71. The molecule has 1 aliphatic heterocycles. The third-order valence-electron chi connectivity index (χ3n) is 3.22. The molecule has 1 aromatic heterocycles. The van der Waals surface area contributed by atoms with Crippen LogP contribution >= 0.6 is 11.3 Å². The molecule has 0 aliphatic carbocycles. The summed E-state index contributed by atoms with van der Waals surface area (Å²) in [7, 11) is 0. The molecule has 3 heteroatoms. The predicted octanol–water partition coefficient (Wildman–Crippen LogP) is 3.71. The van der Waals surface area contributed by atoms with Crippen molar-refractivity contribution in [3.05, 3.63) is 33.7 Å². The number of hydrogen-bond donors (Lipinski definition) is 1. The fraction of sp³-hybridized carbons (Fsp3) is 0.571. The number of thiophene rings is 1. The van der Waals surface area contributed by atoms with Crippen LogP contribution in [0, 0.1) is 13.8 Å². The van der Waals surface area contributed by atoms with Crippen molar-refractivity contribution in [1.82, 2.24) is 5.32 Å². The number of nitrogens with one attached hydrogen (secondary N) is 1. The smallest absolute Gasteiger partial charge is 0.110 e. The van der Waals surface area contributed by atoms with Crippen LogP contribution in [0.15, 0.2) is 18.4 Å². The van der Waals surface area contributed by atoms with E-state index in [-0.39, 0.29) is 0 Å². The molecule has 2 unspecified atom stereocenters. The van der Waals surface area contributed by atoms with Gasteiger partial charge in [-0.2, -0.15) is 0 Å². The minimum atomic E-state index is 0.336. The van der Waals surface area contributed by atoms with E-state index in [9.17, 15) is 0 Å². The Bertz CT molecular complexity index is 397. The van der Waals surface area contributed by atoms with E-state index in [0.29, 0.717) is 12.1 Å². The second-order valence-corrected chi connectivity index (χ2v) is 6.17. The van der Waals surface area contributed by atoms with Crippen LogP contribution in [0.1, 0.15) is 41.1 Å². The lowest BCUT2D eigenvalue weighted by Gasteiger charge is -2.22. The number of rotatable bonds is 4. The third-order valence-corrected chi connectivity index (χ3v) is 4.20. The molecule has 0 saturated carbocycles. The summed E-state index contributed by atoms with van der Waals surface area (Å²) in [6.07, 6.45) is 6.52. The summed E-state index contributed by atoms with van der Waals surface area (Å²) >= 11 is 1.88. The second kappa shape index (κ2) is 5.69. The van der Waals surface area contributed by atoms with E-state index in [1.165, 1.54) is 15.3 Å². The van der Waals surface area contributed by atoms with Gasteiger partial charge in [-0.15, -0.1) is 11.3 Å². The van der Waals surface area contributed by atoms with Crippen molar-refractivity contribution >= 4 is 11.3 Å². The molecule has 2 heterocycles. The summed E-state index contributed by atoms with van der Waals surface area (Å²) in [5.41, 5.74) is 1.43. The van der Waals surface area contributed by atoms with Gasteiger partial charge in [0.25, 0.3) is 0 Å². The minimum Gasteiger partial charge on any atom is -0.497 e. The van der Waals surface area contributed by atoms with Crippen LogP contribution in [0.3, 0.4) is 0 Å². The third kappa shape index (κ3) is 3.33. The van der Waals surface area contributed by atoms with Gasteiger partial charge in [-0.25, -0.2) is 0 Å². The SMILES string of the molecule is Cc1cc(C(C)NCC2CCC=CO2)c(C)s1. The maximum Gasteiger partial charge on any atom is 0.110 e. The van der Waals surface area contributed by atoms with Crippen LogP contribution < -0.4 is 5.32 Å². The molecule has 2 atom stereocenters. The molecule has 0 radical (unpaired) electrons. The predicted molar refractivity (Wildman–Crippen MR) is 73.5 cm³/mol. The average molecular weight is 251 g/mol. The lowest BCUT2D eigenvalue weighted by atomic mass is 10.1. The lowest BCUT2D eigenvalue weighted by Crippen LogP contribution is -2.31. The van der Waals surface area contributed by atoms with Gasteiger partial charge in [-0.3, -0.25) is 0 Å². The van der Waals surface area contributed by atoms with Crippen LogP contribution in [0.5, 0.6) is 0 Å². The van der Waals surface area contributed by atoms with Crippen LogP contribution in [-0.2, 0) is 4.74 Å². The van der Waals surface area contributed by atoms with Gasteiger partial charge in [-0.05, 0) is 51.3 Å². The van der Waals surface area contributed by atoms with Crippen LogP contribution in [-0.4, -0.2) is 12.6 Å². The van der Waals surface area contributed by atoms with Gasteiger partial charge in [-0.1, -0.05) is 0 Å². The Balaban J connectivity index is 1.86. The van der Waals surface area contributed by atoms with Gasteiger partial charge < -0.3 is 10.1 Å². The van der Waals surface area contributed by atoms with Gasteiger partial charge >= 0.3 is 0 Å². The summed E-state index contributed by atoms with van der Waals surface area (Å²) in [6, 6.07) is 2.70. The zero-order valence-electron chi connectivity index (χ0n) is 10.8.